The van der Waals surface area contributed by atoms with Gasteiger partial charge in [0.1, 0.15) is 24.7 Å². The van der Waals surface area contributed by atoms with Crippen molar-refractivity contribution in [2.75, 3.05) is 19.8 Å². The van der Waals surface area contributed by atoms with Gasteiger partial charge in [-0.3, -0.25) is 0 Å². The Morgan fingerprint density at radius 1 is 0.958 bits per heavy atom. The molecule has 3 nitrogen and oxygen atoms in total. The normalized spacial score (nSPS) is 10.9. The largest absolute Gasteiger partial charge is 0.490 e. The van der Waals surface area contributed by atoms with Crippen LogP contribution in [0.4, 0.5) is 0 Å². The second kappa shape index (κ2) is 9.33. The maximum atomic E-state index is 5.98. The first-order valence-electron chi connectivity index (χ1n) is 8.76. The summed E-state index contributed by atoms with van der Waals surface area (Å²) in [6.45, 7) is 11.4. The number of rotatable bonds is 9. The van der Waals surface area contributed by atoms with E-state index in [1.165, 1.54) is 16.7 Å². The number of para-hydroxylation sites is 1. The molecule has 2 rings (SSSR count). The molecule has 3 heteroatoms. The Morgan fingerprint density at radius 2 is 1.67 bits per heavy atom. The molecular weight excluding hydrogens is 298 g/mol. The summed E-state index contributed by atoms with van der Waals surface area (Å²) in [4.78, 5) is 0. The van der Waals surface area contributed by atoms with E-state index in [1.807, 2.05) is 18.2 Å². The fourth-order valence-electron chi connectivity index (χ4n) is 2.60. The first-order chi connectivity index (χ1) is 11.6. The van der Waals surface area contributed by atoms with E-state index in [2.05, 4.69) is 57.3 Å². The summed E-state index contributed by atoms with van der Waals surface area (Å²) < 4.78 is 11.9. The van der Waals surface area contributed by atoms with Crippen molar-refractivity contribution in [2.24, 2.45) is 0 Å². The standard InChI is InChI=1S/C21H29NO2/c1-5-22-15-18-8-6-7-9-20(18)23-12-13-24-21-14-17(4)10-11-19(21)16(2)3/h6-11,14,16,22H,5,12-13,15H2,1-4H3. The molecule has 0 aliphatic rings. The zero-order valence-electron chi connectivity index (χ0n) is 15.3. The molecule has 2 aromatic carbocycles. The molecule has 2 aromatic rings. The van der Waals surface area contributed by atoms with E-state index in [0.29, 0.717) is 19.1 Å². The number of nitrogens with one attached hydrogen (secondary N) is 1. The number of hydrogen-bond acceptors (Lipinski definition) is 3. The van der Waals surface area contributed by atoms with Crippen molar-refractivity contribution in [3.63, 3.8) is 0 Å². The fourth-order valence-corrected chi connectivity index (χ4v) is 2.60. The Morgan fingerprint density at radius 3 is 2.38 bits per heavy atom. The summed E-state index contributed by atoms with van der Waals surface area (Å²) in [5.74, 6) is 2.34. The Labute approximate surface area is 146 Å². The molecule has 0 aliphatic carbocycles. The molecule has 130 valence electrons. The van der Waals surface area contributed by atoms with E-state index >= 15 is 0 Å². The third-order valence-electron chi connectivity index (χ3n) is 3.93. The maximum absolute atomic E-state index is 5.98. The van der Waals surface area contributed by atoms with Crippen LogP contribution in [-0.2, 0) is 6.54 Å². The van der Waals surface area contributed by atoms with Gasteiger partial charge in [-0.2, -0.15) is 0 Å². The average molecular weight is 327 g/mol. The first kappa shape index (κ1) is 18.3. The van der Waals surface area contributed by atoms with Crippen LogP contribution in [0.2, 0.25) is 0 Å². The molecule has 0 radical (unpaired) electrons. The third-order valence-corrected chi connectivity index (χ3v) is 3.93. The van der Waals surface area contributed by atoms with Crippen LogP contribution in [0.25, 0.3) is 0 Å². The van der Waals surface area contributed by atoms with Crippen LogP contribution in [0, 0.1) is 6.92 Å². The van der Waals surface area contributed by atoms with Crippen LogP contribution < -0.4 is 14.8 Å². The summed E-state index contributed by atoms with van der Waals surface area (Å²) in [7, 11) is 0. The molecule has 0 saturated carbocycles. The lowest BCUT2D eigenvalue weighted by Crippen LogP contribution is -2.15. The second-order valence-electron chi connectivity index (χ2n) is 6.28. The predicted octanol–water partition coefficient (Wildman–Crippen LogP) is 4.69. The van der Waals surface area contributed by atoms with Crippen molar-refractivity contribution in [3.05, 3.63) is 59.2 Å². The highest BCUT2D eigenvalue weighted by Gasteiger charge is 2.08. The molecule has 24 heavy (non-hydrogen) atoms. The molecule has 0 aromatic heterocycles. The number of aryl methyl sites for hydroxylation is 1. The molecular formula is C21H29NO2. The lowest BCUT2D eigenvalue weighted by atomic mass is 10.0. The summed E-state index contributed by atoms with van der Waals surface area (Å²) in [6, 6.07) is 14.5. The zero-order chi connectivity index (χ0) is 17.4. The molecule has 0 unspecified atom stereocenters. The van der Waals surface area contributed by atoms with Gasteiger partial charge in [-0.05, 0) is 42.6 Å². The van der Waals surface area contributed by atoms with Gasteiger partial charge in [0.15, 0.2) is 0 Å². The van der Waals surface area contributed by atoms with Crippen LogP contribution in [0.1, 0.15) is 43.4 Å². The van der Waals surface area contributed by atoms with Gasteiger partial charge >= 0.3 is 0 Å². The SMILES string of the molecule is CCNCc1ccccc1OCCOc1cc(C)ccc1C(C)C. The molecule has 0 aliphatic heterocycles. The Kier molecular flexibility index (Phi) is 7.13. The topological polar surface area (TPSA) is 30.5 Å². The van der Waals surface area contributed by atoms with Gasteiger partial charge in [0.2, 0.25) is 0 Å². The highest BCUT2D eigenvalue weighted by Crippen LogP contribution is 2.27. The van der Waals surface area contributed by atoms with E-state index in [4.69, 9.17) is 9.47 Å². The first-order valence-corrected chi connectivity index (χ1v) is 8.76. The van der Waals surface area contributed by atoms with Gasteiger partial charge in [-0.1, -0.05) is 51.1 Å². The third kappa shape index (κ3) is 5.27. The maximum Gasteiger partial charge on any atom is 0.123 e. The molecule has 1 N–H and O–H groups in total. The van der Waals surface area contributed by atoms with Gasteiger partial charge < -0.3 is 14.8 Å². The minimum atomic E-state index is 0.447. The molecule has 0 fully saturated rings. The van der Waals surface area contributed by atoms with Crippen LogP contribution in [0.15, 0.2) is 42.5 Å². The van der Waals surface area contributed by atoms with Gasteiger partial charge in [-0.15, -0.1) is 0 Å². The zero-order valence-corrected chi connectivity index (χ0v) is 15.3. The van der Waals surface area contributed by atoms with Crippen molar-refractivity contribution < 1.29 is 9.47 Å². The van der Waals surface area contributed by atoms with Crippen molar-refractivity contribution in [1.29, 1.82) is 0 Å². The van der Waals surface area contributed by atoms with Crippen LogP contribution in [0.3, 0.4) is 0 Å². The van der Waals surface area contributed by atoms with Crippen LogP contribution >= 0.6 is 0 Å². The quantitative estimate of drug-likeness (QED) is 0.678. The Balaban J connectivity index is 1.91. The van der Waals surface area contributed by atoms with E-state index in [-0.39, 0.29) is 0 Å². The van der Waals surface area contributed by atoms with Crippen LogP contribution in [-0.4, -0.2) is 19.8 Å². The Hall–Kier alpha value is -2.00. The van der Waals surface area contributed by atoms with E-state index in [1.54, 1.807) is 0 Å². The summed E-state index contributed by atoms with van der Waals surface area (Å²) in [5.41, 5.74) is 3.64. The van der Waals surface area contributed by atoms with Crippen molar-refractivity contribution in [3.8, 4) is 11.5 Å². The molecule has 0 saturated heterocycles. The van der Waals surface area contributed by atoms with E-state index < -0.39 is 0 Å². The fraction of sp³-hybridized carbons (Fsp3) is 0.429. The summed E-state index contributed by atoms with van der Waals surface area (Å²) in [6.07, 6.45) is 0. The van der Waals surface area contributed by atoms with E-state index in [0.717, 1.165) is 24.6 Å². The van der Waals surface area contributed by atoms with Crippen LogP contribution in [0.5, 0.6) is 11.5 Å². The Bertz CT molecular complexity index is 637. The van der Waals surface area contributed by atoms with Gasteiger partial charge in [0.25, 0.3) is 0 Å². The smallest absolute Gasteiger partial charge is 0.123 e. The van der Waals surface area contributed by atoms with Gasteiger partial charge in [0.05, 0.1) is 0 Å². The van der Waals surface area contributed by atoms with Crippen molar-refractivity contribution >= 4 is 0 Å². The minimum Gasteiger partial charge on any atom is -0.490 e. The lowest BCUT2D eigenvalue weighted by molar-refractivity contribution is 0.214. The van der Waals surface area contributed by atoms with Gasteiger partial charge in [0, 0.05) is 12.1 Å². The molecule has 0 heterocycles. The molecule has 0 bridgehead atoms. The number of ether oxygens (including phenoxy) is 2. The monoisotopic (exact) mass is 327 g/mol. The molecule has 0 amide bonds. The second-order valence-corrected chi connectivity index (χ2v) is 6.28. The molecule has 0 spiro atoms. The highest BCUT2D eigenvalue weighted by atomic mass is 16.5. The van der Waals surface area contributed by atoms with Crippen molar-refractivity contribution in [1.82, 2.24) is 5.32 Å². The summed E-state index contributed by atoms with van der Waals surface area (Å²) >= 11 is 0. The molecule has 0 atom stereocenters. The van der Waals surface area contributed by atoms with Crippen molar-refractivity contribution in [2.45, 2.75) is 40.2 Å². The summed E-state index contributed by atoms with van der Waals surface area (Å²) in [5, 5.41) is 3.34. The number of hydrogen-bond donors (Lipinski definition) is 1. The van der Waals surface area contributed by atoms with E-state index in [9.17, 15) is 0 Å². The average Bonchev–Trinajstić information content (AvgIpc) is 2.57. The lowest BCUT2D eigenvalue weighted by Gasteiger charge is -2.16. The minimum absolute atomic E-state index is 0.447. The number of benzene rings is 2. The van der Waals surface area contributed by atoms with Gasteiger partial charge in [-0.25, -0.2) is 0 Å². The predicted molar refractivity (Wildman–Crippen MR) is 100 cm³/mol. The highest BCUT2D eigenvalue weighted by molar-refractivity contribution is 5.39.